The third kappa shape index (κ3) is 2.68. The Bertz CT molecular complexity index is 802. The number of aromatic nitrogens is 3. The van der Waals surface area contributed by atoms with Gasteiger partial charge in [0.05, 0.1) is 4.92 Å². The van der Waals surface area contributed by atoms with Gasteiger partial charge in [-0.25, -0.2) is 0 Å². The highest BCUT2D eigenvalue weighted by molar-refractivity contribution is 9.10. The molecule has 0 aliphatic heterocycles. The van der Waals surface area contributed by atoms with Gasteiger partial charge in [-0.05, 0) is 18.2 Å². The van der Waals surface area contributed by atoms with Crippen LogP contribution in [0.4, 0.5) is 5.69 Å². The second kappa shape index (κ2) is 5.45. The molecule has 0 aliphatic carbocycles. The fourth-order valence-corrected chi connectivity index (χ4v) is 2.50. The van der Waals surface area contributed by atoms with Crippen molar-refractivity contribution in [2.24, 2.45) is 0 Å². The molecule has 0 bridgehead atoms. The van der Waals surface area contributed by atoms with Crippen molar-refractivity contribution in [1.82, 2.24) is 14.8 Å². The number of hydrogen-bond acceptors (Lipinski definition) is 4. The zero-order chi connectivity index (χ0) is 14.8. The summed E-state index contributed by atoms with van der Waals surface area (Å²) >= 11 is 3.29. The van der Waals surface area contributed by atoms with Gasteiger partial charge in [0, 0.05) is 27.9 Å². The molecule has 0 saturated heterocycles. The number of non-ortho nitro benzene ring substituents is 1. The van der Waals surface area contributed by atoms with Crippen LogP contribution >= 0.6 is 15.9 Å². The van der Waals surface area contributed by atoms with Crippen molar-refractivity contribution in [3.63, 3.8) is 0 Å². The first-order valence-corrected chi connectivity index (χ1v) is 6.85. The summed E-state index contributed by atoms with van der Waals surface area (Å²) in [5.41, 5.74) is 1.51. The van der Waals surface area contributed by atoms with Crippen LogP contribution in [0.3, 0.4) is 0 Å². The summed E-state index contributed by atoms with van der Waals surface area (Å²) in [4.78, 5) is 10.5. The summed E-state index contributed by atoms with van der Waals surface area (Å²) in [7, 11) is 0. The minimum Gasteiger partial charge on any atom is -0.282 e. The summed E-state index contributed by atoms with van der Waals surface area (Å²) < 4.78 is 2.40. The van der Waals surface area contributed by atoms with Crippen LogP contribution in [0.25, 0.3) is 17.1 Å². The lowest BCUT2D eigenvalue weighted by molar-refractivity contribution is -0.384. The summed E-state index contributed by atoms with van der Waals surface area (Å²) in [5, 5.41) is 19.0. The number of nitro benzene ring substituents is 1. The SMILES string of the molecule is O=[N+]([O-])c1cc(Br)cc(-c2nncn2-c2ccccc2)c1. The van der Waals surface area contributed by atoms with E-state index in [2.05, 4.69) is 26.1 Å². The van der Waals surface area contributed by atoms with Gasteiger partial charge in [0.15, 0.2) is 5.82 Å². The Labute approximate surface area is 128 Å². The first-order chi connectivity index (χ1) is 10.1. The Morgan fingerprint density at radius 3 is 2.62 bits per heavy atom. The van der Waals surface area contributed by atoms with E-state index in [0.29, 0.717) is 15.9 Å². The van der Waals surface area contributed by atoms with Gasteiger partial charge >= 0.3 is 0 Å². The molecule has 1 aromatic heterocycles. The zero-order valence-corrected chi connectivity index (χ0v) is 12.3. The predicted molar refractivity (Wildman–Crippen MR) is 81.1 cm³/mol. The maximum Gasteiger partial charge on any atom is 0.271 e. The van der Waals surface area contributed by atoms with Crippen molar-refractivity contribution in [2.75, 3.05) is 0 Å². The molecule has 7 heteroatoms. The predicted octanol–water partition coefficient (Wildman–Crippen LogP) is 3.61. The van der Waals surface area contributed by atoms with Gasteiger partial charge in [0.1, 0.15) is 6.33 Å². The molecule has 3 rings (SSSR count). The number of nitrogens with zero attached hydrogens (tertiary/aromatic N) is 4. The lowest BCUT2D eigenvalue weighted by Crippen LogP contribution is -1.97. The second-order valence-corrected chi connectivity index (χ2v) is 5.23. The van der Waals surface area contributed by atoms with Crippen LogP contribution in [0, 0.1) is 10.1 Å². The van der Waals surface area contributed by atoms with Gasteiger partial charge in [0.2, 0.25) is 0 Å². The van der Waals surface area contributed by atoms with Gasteiger partial charge in [-0.1, -0.05) is 34.1 Å². The lowest BCUT2D eigenvalue weighted by Gasteiger charge is -2.06. The van der Waals surface area contributed by atoms with E-state index in [4.69, 9.17) is 0 Å². The Kier molecular flexibility index (Phi) is 3.49. The molecule has 6 nitrogen and oxygen atoms in total. The van der Waals surface area contributed by atoms with Gasteiger partial charge in [-0.15, -0.1) is 10.2 Å². The average molecular weight is 345 g/mol. The third-order valence-electron chi connectivity index (χ3n) is 2.93. The molecule has 0 fully saturated rings. The van der Waals surface area contributed by atoms with Crippen LogP contribution in [0.2, 0.25) is 0 Å². The fourth-order valence-electron chi connectivity index (χ4n) is 2.02. The highest BCUT2D eigenvalue weighted by Crippen LogP contribution is 2.28. The number of rotatable bonds is 3. The molecule has 0 N–H and O–H groups in total. The number of nitro groups is 1. The molecule has 0 unspecified atom stereocenters. The Balaban J connectivity index is 2.15. The molecule has 0 saturated carbocycles. The van der Waals surface area contributed by atoms with Crippen LogP contribution in [0.5, 0.6) is 0 Å². The van der Waals surface area contributed by atoms with Crippen molar-refractivity contribution in [3.8, 4) is 17.1 Å². The van der Waals surface area contributed by atoms with E-state index in [1.165, 1.54) is 12.1 Å². The van der Waals surface area contributed by atoms with Crippen LogP contribution in [0.1, 0.15) is 0 Å². The monoisotopic (exact) mass is 344 g/mol. The fraction of sp³-hybridized carbons (Fsp3) is 0. The van der Waals surface area contributed by atoms with Gasteiger partial charge in [-0.3, -0.25) is 14.7 Å². The van der Waals surface area contributed by atoms with E-state index in [-0.39, 0.29) is 5.69 Å². The molecule has 3 aromatic rings. The zero-order valence-electron chi connectivity index (χ0n) is 10.7. The van der Waals surface area contributed by atoms with Gasteiger partial charge in [0.25, 0.3) is 5.69 Å². The minimum absolute atomic E-state index is 0.00184. The maximum atomic E-state index is 11.0. The number of para-hydroxylation sites is 1. The molecule has 1 heterocycles. The molecule has 0 spiro atoms. The molecular weight excluding hydrogens is 336 g/mol. The minimum atomic E-state index is -0.433. The highest BCUT2D eigenvalue weighted by atomic mass is 79.9. The van der Waals surface area contributed by atoms with Crippen molar-refractivity contribution in [3.05, 3.63) is 69.4 Å². The van der Waals surface area contributed by atoms with E-state index in [1.54, 1.807) is 17.0 Å². The third-order valence-corrected chi connectivity index (χ3v) is 3.39. The van der Waals surface area contributed by atoms with Crippen LogP contribution in [0.15, 0.2) is 59.3 Å². The van der Waals surface area contributed by atoms with Gasteiger partial charge < -0.3 is 0 Å². The standard InChI is InChI=1S/C14H9BrN4O2/c15-11-6-10(7-13(8-11)19(20)21)14-17-16-9-18(14)12-4-2-1-3-5-12/h1-9H. The van der Waals surface area contributed by atoms with Crippen molar-refractivity contribution in [1.29, 1.82) is 0 Å². The molecular formula is C14H9BrN4O2. The second-order valence-electron chi connectivity index (χ2n) is 4.32. The van der Waals surface area contributed by atoms with Crippen LogP contribution < -0.4 is 0 Å². The summed E-state index contributed by atoms with van der Waals surface area (Å²) in [5.74, 6) is 0.547. The first kappa shape index (κ1) is 13.4. The van der Waals surface area contributed by atoms with E-state index < -0.39 is 4.92 Å². The molecule has 21 heavy (non-hydrogen) atoms. The van der Waals surface area contributed by atoms with Crippen molar-refractivity contribution < 1.29 is 4.92 Å². The van der Waals surface area contributed by atoms with Gasteiger partial charge in [-0.2, -0.15) is 0 Å². The van der Waals surface area contributed by atoms with Crippen LogP contribution in [-0.2, 0) is 0 Å². The number of hydrogen-bond donors (Lipinski definition) is 0. The molecule has 0 atom stereocenters. The largest absolute Gasteiger partial charge is 0.282 e. The Morgan fingerprint density at radius 1 is 1.14 bits per heavy atom. The molecule has 2 aromatic carbocycles. The quantitative estimate of drug-likeness (QED) is 0.537. The highest BCUT2D eigenvalue weighted by Gasteiger charge is 2.14. The van der Waals surface area contributed by atoms with E-state index in [9.17, 15) is 10.1 Å². The number of halogens is 1. The van der Waals surface area contributed by atoms with Crippen LogP contribution in [-0.4, -0.2) is 19.7 Å². The Morgan fingerprint density at radius 2 is 1.90 bits per heavy atom. The molecule has 104 valence electrons. The molecule has 0 aliphatic rings. The van der Waals surface area contributed by atoms with E-state index in [0.717, 1.165) is 5.69 Å². The number of benzene rings is 2. The molecule has 0 radical (unpaired) electrons. The maximum absolute atomic E-state index is 11.0. The van der Waals surface area contributed by atoms with Crippen molar-refractivity contribution in [2.45, 2.75) is 0 Å². The summed E-state index contributed by atoms with van der Waals surface area (Å²) in [6.07, 6.45) is 1.58. The topological polar surface area (TPSA) is 73.8 Å². The lowest BCUT2D eigenvalue weighted by atomic mass is 10.2. The van der Waals surface area contributed by atoms with Crippen molar-refractivity contribution >= 4 is 21.6 Å². The van der Waals surface area contributed by atoms with E-state index >= 15 is 0 Å². The molecule has 0 amide bonds. The first-order valence-electron chi connectivity index (χ1n) is 6.06. The summed E-state index contributed by atoms with van der Waals surface area (Å²) in [6.45, 7) is 0. The normalized spacial score (nSPS) is 10.5. The smallest absolute Gasteiger partial charge is 0.271 e. The Hall–Kier alpha value is -2.54. The summed E-state index contributed by atoms with van der Waals surface area (Å²) in [6, 6.07) is 14.3. The average Bonchev–Trinajstić information content (AvgIpc) is 2.97. The van der Waals surface area contributed by atoms with E-state index in [1.807, 2.05) is 30.3 Å².